The van der Waals surface area contributed by atoms with Gasteiger partial charge < -0.3 is 4.90 Å². The Bertz CT molecular complexity index is 404. The lowest BCUT2D eigenvalue weighted by molar-refractivity contribution is 0.0780. The summed E-state index contributed by atoms with van der Waals surface area (Å²) in [5, 5.41) is 0. The molecule has 15 heavy (non-hydrogen) atoms. The highest BCUT2D eigenvalue weighted by Crippen LogP contribution is 2.27. The highest BCUT2D eigenvalue weighted by atomic mass is 127. The standard InChI is InChI=1S/C11H11FINO/c1-14(8-3-4-8)11(15)9-5-2-7(13)6-10(9)12/h2,5-6,8H,3-4H2,1H3. The topological polar surface area (TPSA) is 20.3 Å². The van der Waals surface area contributed by atoms with E-state index in [2.05, 4.69) is 0 Å². The number of carbonyl (C=O) groups excluding carboxylic acids is 1. The van der Waals surface area contributed by atoms with Gasteiger partial charge in [0.15, 0.2) is 0 Å². The summed E-state index contributed by atoms with van der Waals surface area (Å²) < 4.78 is 14.3. The second-order valence-electron chi connectivity index (χ2n) is 3.77. The summed E-state index contributed by atoms with van der Waals surface area (Å²) in [6.07, 6.45) is 2.07. The van der Waals surface area contributed by atoms with E-state index in [9.17, 15) is 9.18 Å². The molecule has 4 heteroatoms. The van der Waals surface area contributed by atoms with E-state index >= 15 is 0 Å². The van der Waals surface area contributed by atoms with E-state index < -0.39 is 5.82 Å². The molecule has 0 heterocycles. The lowest BCUT2D eigenvalue weighted by Crippen LogP contribution is -2.29. The third kappa shape index (κ3) is 2.30. The molecule has 1 saturated carbocycles. The highest BCUT2D eigenvalue weighted by Gasteiger charge is 2.30. The Labute approximate surface area is 102 Å². The van der Waals surface area contributed by atoms with Crippen molar-refractivity contribution >= 4 is 28.5 Å². The number of nitrogens with zero attached hydrogens (tertiary/aromatic N) is 1. The van der Waals surface area contributed by atoms with E-state index in [1.165, 1.54) is 6.07 Å². The van der Waals surface area contributed by atoms with Crippen molar-refractivity contribution in [2.75, 3.05) is 7.05 Å². The molecule has 0 spiro atoms. The smallest absolute Gasteiger partial charge is 0.256 e. The zero-order valence-electron chi connectivity index (χ0n) is 8.34. The number of benzene rings is 1. The number of halogens is 2. The fourth-order valence-corrected chi connectivity index (χ4v) is 1.93. The quantitative estimate of drug-likeness (QED) is 0.768. The first-order valence-electron chi connectivity index (χ1n) is 4.82. The molecule has 0 atom stereocenters. The Hall–Kier alpha value is -0.650. The molecule has 0 bridgehead atoms. The zero-order chi connectivity index (χ0) is 11.0. The van der Waals surface area contributed by atoms with Gasteiger partial charge in [-0.2, -0.15) is 0 Å². The first kappa shape index (κ1) is 10.9. The van der Waals surface area contributed by atoms with E-state index in [1.807, 2.05) is 22.6 Å². The maximum atomic E-state index is 13.5. The number of hydrogen-bond acceptors (Lipinski definition) is 1. The van der Waals surface area contributed by atoms with Crippen molar-refractivity contribution in [2.45, 2.75) is 18.9 Å². The second kappa shape index (κ2) is 4.08. The summed E-state index contributed by atoms with van der Waals surface area (Å²) in [4.78, 5) is 13.5. The molecule has 1 aliphatic rings. The highest BCUT2D eigenvalue weighted by molar-refractivity contribution is 14.1. The van der Waals surface area contributed by atoms with Gasteiger partial charge in [0.25, 0.3) is 5.91 Å². The SMILES string of the molecule is CN(C(=O)c1ccc(I)cc1F)C1CC1. The molecule has 2 rings (SSSR count). The van der Waals surface area contributed by atoms with Gasteiger partial charge in [0.2, 0.25) is 0 Å². The summed E-state index contributed by atoms with van der Waals surface area (Å²) >= 11 is 2.02. The maximum Gasteiger partial charge on any atom is 0.256 e. The van der Waals surface area contributed by atoms with Crippen LogP contribution in [0.2, 0.25) is 0 Å². The maximum absolute atomic E-state index is 13.5. The van der Waals surface area contributed by atoms with E-state index in [4.69, 9.17) is 0 Å². The van der Waals surface area contributed by atoms with Crippen LogP contribution in [0.25, 0.3) is 0 Å². The first-order valence-corrected chi connectivity index (χ1v) is 5.89. The minimum absolute atomic E-state index is 0.171. The molecule has 80 valence electrons. The first-order chi connectivity index (χ1) is 7.09. The fraction of sp³-hybridized carbons (Fsp3) is 0.364. The second-order valence-corrected chi connectivity index (χ2v) is 5.02. The van der Waals surface area contributed by atoms with Crippen LogP contribution in [0.15, 0.2) is 18.2 Å². The molecule has 0 saturated heterocycles. The summed E-state index contributed by atoms with van der Waals surface area (Å²) in [5.74, 6) is -0.647. The van der Waals surface area contributed by atoms with Gasteiger partial charge in [-0.15, -0.1) is 0 Å². The molecule has 2 nitrogen and oxygen atoms in total. The Balaban J connectivity index is 2.24. The van der Waals surface area contributed by atoms with Crippen molar-refractivity contribution in [1.29, 1.82) is 0 Å². The van der Waals surface area contributed by atoms with Gasteiger partial charge in [0, 0.05) is 16.7 Å². The van der Waals surface area contributed by atoms with Gasteiger partial charge in [-0.05, 0) is 53.6 Å². The third-order valence-corrected chi connectivity index (χ3v) is 3.25. The van der Waals surface area contributed by atoms with Gasteiger partial charge in [-0.3, -0.25) is 4.79 Å². The molecule has 0 radical (unpaired) electrons. The van der Waals surface area contributed by atoms with Gasteiger partial charge in [-0.1, -0.05) is 0 Å². The van der Waals surface area contributed by atoms with Crippen molar-refractivity contribution in [3.8, 4) is 0 Å². The van der Waals surface area contributed by atoms with Crippen LogP contribution in [0, 0.1) is 9.39 Å². The van der Waals surface area contributed by atoms with E-state index in [0.717, 1.165) is 16.4 Å². The number of carbonyl (C=O) groups is 1. The van der Waals surface area contributed by atoms with Crippen LogP contribution < -0.4 is 0 Å². The Morgan fingerprint density at radius 2 is 2.20 bits per heavy atom. The minimum Gasteiger partial charge on any atom is -0.339 e. The normalized spacial score (nSPS) is 15.1. The molecule has 0 N–H and O–H groups in total. The molecular weight excluding hydrogens is 308 g/mol. The monoisotopic (exact) mass is 319 g/mol. The zero-order valence-corrected chi connectivity index (χ0v) is 10.5. The molecule has 0 aromatic heterocycles. The van der Waals surface area contributed by atoms with E-state index in [-0.39, 0.29) is 11.5 Å². The van der Waals surface area contributed by atoms with Gasteiger partial charge in [0.05, 0.1) is 5.56 Å². The molecule has 1 amide bonds. The van der Waals surface area contributed by atoms with Crippen molar-refractivity contribution in [3.63, 3.8) is 0 Å². The molecule has 1 fully saturated rings. The molecule has 0 aliphatic heterocycles. The van der Waals surface area contributed by atoms with Crippen molar-refractivity contribution in [3.05, 3.63) is 33.1 Å². The van der Waals surface area contributed by atoms with Crippen LogP contribution in [0.3, 0.4) is 0 Å². The molecular formula is C11H11FINO. The molecule has 1 aliphatic carbocycles. The third-order valence-electron chi connectivity index (χ3n) is 2.58. The van der Waals surface area contributed by atoms with Crippen LogP contribution in [0.1, 0.15) is 23.2 Å². The summed E-state index contributed by atoms with van der Waals surface area (Å²) in [5.41, 5.74) is 0.171. The van der Waals surface area contributed by atoms with Crippen LogP contribution in [-0.2, 0) is 0 Å². The van der Waals surface area contributed by atoms with Crippen molar-refractivity contribution < 1.29 is 9.18 Å². The molecule has 1 aromatic carbocycles. The van der Waals surface area contributed by atoms with Crippen LogP contribution in [0.4, 0.5) is 4.39 Å². The van der Waals surface area contributed by atoms with E-state index in [1.54, 1.807) is 24.1 Å². The Morgan fingerprint density at radius 3 is 2.73 bits per heavy atom. The van der Waals surface area contributed by atoms with Gasteiger partial charge >= 0.3 is 0 Å². The lowest BCUT2D eigenvalue weighted by Gasteiger charge is -2.16. The summed E-state index contributed by atoms with van der Waals surface area (Å²) in [6.45, 7) is 0. The Morgan fingerprint density at radius 1 is 1.53 bits per heavy atom. The molecule has 1 aromatic rings. The van der Waals surface area contributed by atoms with Crippen LogP contribution in [-0.4, -0.2) is 23.9 Å². The largest absolute Gasteiger partial charge is 0.339 e. The summed E-state index contributed by atoms with van der Waals surface area (Å²) in [7, 11) is 1.73. The average molecular weight is 319 g/mol. The summed E-state index contributed by atoms with van der Waals surface area (Å²) in [6, 6.07) is 5.00. The predicted octanol–water partition coefficient (Wildman–Crippen LogP) is 2.66. The number of rotatable bonds is 2. The van der Waals surface area contributed by atoms with Gasteiger partial charge in [0.1, 0.15) is 5.82 Å². The van der Waals surface area contributed by atoms with E-state index in [0.29, 0.717) is 6.04 Å². The lowest BCUT2D eigenvalue weighted by atomic mass is 10.2. The Kier molecular flexibility index (Phi) is 2.95. The van der Waals surface area contributed by atoms with Crippen LogP contribution in [0.5, 0.6) is 0 Å². The van der Waals surface area contributed by atoms with Crippen molar-refractivity contribution in [1.82, 2.24) is 4.90 Å². The van der Waals surface area contributed by atoms with Gasteiger partial charge in [-0.25, -0.2) is 4.39 Å². The predicted molar refractivity (Wildman–Crippen MR) is 64.2 cm³/mol. The average Bonchev–Trinajstić information content (AvgIpc) is 2.99. The molecule has 0 unspecified atom stereocenters. The van der Waals surface area contributed by atoms with Crippen LogP contribution >= 0.6 is 22.6 Å². The van der Waals surface area contributed by atoms with Crippen molar-refractivity contribution in [2.24, 2.45) is 0 Å². The minimum atomic E-state index is -0.431. The number of amides is 1. The fourth-order valence-electron chi connectivity index (χ4n) is 1.48. The number of hydrogen-bond donors (Lipinski definition) is 0.